The topological polar surface area (TPSA) is 108 Å². The number of carbonyl (C=O) groups is 2. The van der Waals surface area contributed by atoms with Crippen molar-refractivity contribution in [1.82, 2.24) is 9.91 Å². The first-order chi connectivity index (χ1) is 16.0. The lowest BCUT2D eigenvalue weighted by Gasteiger charge is -2.20. The maximum Gasteiger partial charge on any atom is 0.353 e. The number of thiophene rings is 1. The van der Waals surface area contributed by atoms with Crippen LogP contribution < -0.4 is 9.47 Å². The Labute approximate surface area is 197 Å². The molecule has 9 nitrogen and oxygen atoms in total. The predicted molar refractivity (Wildman–Crippen MR) is 128 cm³/mol. The summed E-state index contributed by atoms with van der Waals surface area (Å²) >= 11 is 2.60. The zero-order valence-electron chi connectivity index (χ0n) is 17.6. The molecular formula is C22H19N5O4S2. The summed E-state index contributed by atoms with van der Waals surface area (Å²) < 4.78 is 10.8. The lowest BCUT2D eigenvalue weighted by atomic mass is 10.1. The number of thioether (sulfide) groups is 1. The van der Waals surface area contributed by atoms with Crippen molar-refractivity contribution in [1.29, 1.82) is 5.41 Å². The number of amidine groups is 3. The molecule has 0 bridgehead atoms. The molecule has 33 heavy (non-hydrogen) atoms. The quantitative estimate of drug-likeness (QED) is 0.403. The van der Waals surface area contributed by atoms with Gasteiger partial charge in [-0.2, -0.15) is 10.0 Å². The number of aliphatic imine (C=N–C) groups is 1. The maximum atomic E-state index is 12.7. The summed E-state index contributed by atoms with van der Waals surface area (Å²) in [7, 11) is 1.47. The minimum Gasteiger partial charge on any atom is -0.493 e. The zero-order chi connectivity index (χ0) is 22.9. The van der Waals surface area contributed by atoms with Gasteiger partial charge < -0.3 is 14.4 Å². The number of esters is 1. The van der Waals surface area contributed by atoms with Gasteiger partial charge in [-0.1, -0.05) is 12.1 Å². The molecule has 1 amide bonds. The molecule has 11 heteroatoms. The van der Waals surface area contributed by atoms with Crippen LogP contribution in [0.15, 0.2) is 51.4 Å². The van der Waals surface area contributed by atoms with Gasteiger partial charge in [0.1, 0.15) is 4.88 Å². The molecule has 0 unspecified atom stereocenters. The molecule has 3 aliphatic rings. The lowest BCUT2D eigenvalue weighted by Crippen LogP contribution is -2.35. The molecule has 3 aliphatic heterocycles. The van der Waals surface area contributed by atoms with Crippen molar-refractivity contribution in [3.8, 4) is 11.5 Å². The van der Waals surface area contributed by atoms with Crippen LogP contribution in [0.5, 0.6) is 11.5 Å². The minimum absolute atomic E-state index is 0.0288. The Hall–Kier alpha value is -3.44. The molecule has 1 aromatic heterocycles. The molecule has 0 saturated carbocycles. The summed E-state index contributed by atoms with van der Waals surface area (Å²) in [5.41, 5.74) is 0.723. The number of fused-ring (bicyclic) bond motifs is 1. The fourth-order valence-electron chi connectivity index (χ4n) is 3.59. The average molecular weight is 482 g/mol. The number of ether oxygens (including phenoxy) is 2. The summed E-state index contributed by atoms with van der Waals surface area (Å²) in [6.07, 6.45) is 3.77. The Kier molecular flexibility index (Phi) is 5.73. The van der Waals surface area contributed by atoms with Gasteiger partial charge in [0, 0.05) is 13.1 Å². The monoisotopic (exact) mass is 481 g/mol. The number of nitrogens with zero attached hydrogens (tertiary/aromatic N) is 4. The smallest absolute Gasteiger partial charge is 0.353 e. The third-order valence-electron chi connectivity index (χ3n) is 5.24. The van der Waals surface area contributed by atoms with Gasteiger partial charge in [0.15, 0.2) is 22.5 Å². The van der Waals surface area contributed by atoms with Crippen LogP contribution in [0.2, 0.25) is 0 Å². The second-order valence-corrected chi connectivity index (χ2v) is 9.26. The molecule has 1 saturated heterocycles. The van der Waals surface area contributed by atoms with Crippen LogP contribution in [0, 0.1) is 5.41 Å². The first-order valence-corrected chi connectivity index (χ1v) is 11.9. The molecule has 0 spiro atoms. The largest absolute Gasteiger partial charge is 0.493 e. The lowest BCUT2D eigenvalue weighted by molar-refractivity contribution is -0.114. The van der Waals surface area contributed by atoms with Gasteiger partial charge in [-0.05, 0) is 59.8 Å². The van der Waals surface area contributed by atoms with Crippen molar-refractivity contribution in [2.75, 3.05) is 20.2 Å². The molecular weight excluding hydrogens is 462 g/mol. The van der Waals surface area contributed by atoms with E-state index in [2.05, 4.69) is 15.0 Å². The second-order valence-electron chi connectivity index (χ2n) is 7.37. The van der Waals surface area contributed by atoms with Gasteiger partial charge in [-0.25, -0.2) is 4.79 Å². The summed E-state index contributed by atoms with van der Waals surface area (Å²) in [6, 6.07) is 8.37. The molecule has 2 aromatic rings. The van der Waals surface area contributed by atoms with Gasteiger partial charge in [-0.15, -0.1) is 16.4 Å². The van der Waals surface area contributed by atoms with E-state index in [9.17, 15) is 9.59 Å². The Bertz CT molecular complexity index is 1230. The Balaban J connectivity index is 1.39. The van der Waals surface area contributed by atoms with Crippen LogP contribution in [0.1, 0.15) is 28.1 Å². The number of carbonyl (C=O) groups excluding carboxylic acids is 2. The van der Waals surface area contributed by atoms with Gasteiger partial charge in [0.25, 0.3) is 5.91 Å². The van der Waals surface area contributed by atoms with Crippen LogP contribution in [0.4, 0.5) is 0 Å². The highest BCUT2D eigenvalue weighted by Gasteiger charge is 2.37. The molecule has 1 aromatic carbocycles. The molecule has 0 atom stereocenters. The standard InChI is InChI=1S/C22H19N5O4S2/c1-30-16-12-13(6-7-15(16)31-20(29)17-5-4-10-32-17)11-14-18(23)27-21(24-19(14)28)33-22(25-27)26-8-2-3-9-26/h4-7,10-12,23H,2-3,8-9H2,1H3/b14-11+,23-18?. The number of nitrogens with one attached hydrogen (secondary N) is 1. The van der Waals surface area contributed by atoms with Crippen LogP contribution in [-0.2, 0) is 4.79 Å². The SMILES string of the molecule is COc1cc(/C=C2\C(=N)N3N=C(N4CCCC4)SC3=NC2=O)ccc1OC(=O)c1cccs1. The van der Waals surface area contributed by atoms with Gasteiger partial charge >= 0.3 is 5.97 Å². The summed E-state index contributed by atoms with van der Waals surface area (Å²) in [5.74, 6) is -0.403. The van der Waals surface area contributed by atoms with E-state index >= 15 is 0 Å². The van der Waals surface area contributed by atoms with Crippen molar-refractivity contribution in [2.24, 2.45) is 10.1 Å². The molecule has 1 N–H and O–H groups in total. The van der Waals surface area contributed by atoms with E-state index in [1.54, 1.807) is 41.8 Å². The van der Waals surface area contributed by atoms with E-state index in [1.165, 1.54) is 35.2 Å². The van der Waals surface area contributed by atoms with E-state index in [-0.39, 0.29) is 17.2 Å². The summed E-state index contributed by atoms with van der Waals surface area (Å²) in [5, 5.41) is 17.4. The van der Waals surface area contributed by atoms with Gasteiger partial charge in [-0.3, -0.25) is 10.2 Å². The van der Waals surface area contributed by atoms with Crippen molar-refractivity contribution < 1.29 is 19.1 Å². The fourth-order valence-corrected chi connectivity index (χ4v) is 5.13. The number of hydrazone groups is 1. The fraction of sp³-hybridized carbons (Fsp3) is 0.227. The molecule has 0 radical (unpaired) electrons. The van der Waals surface area contributed by atoms with E-state index < -0.39 is 11.9 Å². The number of hydrogen-bond acceptors (Lipinski definition) is 9. The van der Waals surface area contributed by atoms with Crippen LogP contribution in [0.25, 0.3) is 6.08 Å². The number of hydrogen-bond donors (Lipinski definition) is 1. The third kappa shape index (κ3) is 4.16. The minimum atomic E-state index is -0.496. The normalized spacial score (nSPS) is 19.0. The van der Waals surface area contributed by atoms with E-state index in [0.29, 0.717) is 21.4 Å². The summed E-state index contributed by atoms with van der Waals surface area (Å²) in [4.78, 5) is 31.7. The van der Waals surface area contributed by atoms with E-state index in [4.69, 9.17) is 14.9 Å². The number of amides is 1. The molecule has 5 rings (SSSR count). The van der Waals surface area contributed by atoms with E-state index in [1.807, 2.05) is 0 Å². The highest BCUT2D eigenvalue weighted by atomic mass is 32.2. The first-order valence-electron chi connectivity index (χ1n) is 10.2. The first kappa shape index (κ1) is 21.4. The third-order valence-corrected chi connectivity index (χ3v) is 7.06. The second kappa shape index (κ2) is 8.83. The maximum absolute atomic E-state index is 12.7. The Morgan fingerprint density at radius 1 is 1.18 bits per heavy atom. The van der Waals surface area contributed by atoms with Gasteiger partial charge in [0.2, 0.25) is 5.17 Å². The number of benzene rings is 1. The Morgan fingerprint density at radius 2 is 2.00 bits per heavy atom. The van der Waals surface area contributed by atoms with Crippen molar-refractivity contribution >= 4 is 57.2 Å². The molecule has 168 valence electrons. The predicted octanol–water partition coefficient (Wildman–Crippen LogP) is 3.65. The highest BCUT2D eigenvalue weighted by molar-refractivity contribution is 8.26. The van der Waals surface area contributed by atoms with Crippen LogP contribution in [0.3, 0.4) is 0 Å². The summed E-state index contributed by atoms with van der Waals surface area (Å²) in [6.45, 7) is 1.83. The molecule has 4 heterocycles. The van der Waals surface area contributed by atoms with Crippen LogP contribution >= 0.6 is 23.1 Å². The van der Waals surface area contributed by atoms with Crippen molar-refractivity contribution in [2.45, 2.75) is 12.8 Å². The molecule has 0 aliphatic carbocycles. The van der Waals surface area contributed by atoms with Crippen LogP contribution in [-0.4, -0.2) is 58.2 Å². The van der Waals surface area contributed by atoms with Crippen molar-refractivity contribution in [3.63, 3.8) is 0 Å². The van der Waals surface area contributed by atoms with Gasteiger partial charge in [0.05, 0.1) is 12.7 Å². The number of likely N-dealkylation sites (tertiary alicyclic amines) is 1. The van der Waals surface area contributed by atoms with Crippen molar-refractivity contribution in [3.05, 3.63) is 51.7 Å². The number of rotatable bonds is 4. The highest BCUT2D eigenvalue weighted by Crippen LogP contribution is 2.33. The average Bonchev–Trinajstić information content (AvgIpc) is 3.58. The molecule has 1 fully saturated rings. The Morgan fingerprint density at radius 3 is 2.73 bits per heavy atom. The number of methoxy groups -OCH3 is 1. The van der Waals surface area contributed by atoms with E-state index in [0.717, 1.165) is 31.1 Å². The zero-order valence-corrected chi connectivity index (χ0v) is 19.2.